The van der Waals surface area contributed by atoms with Gasteiger partial charge in [0.15, 0.2) is 0 Å². The molecular weight excluding hydrogens is 238 g/mol. The Hall–Kier alpha value is -1.94. The third-order valence-electron chi connectivity index (χ3n) is 3.57. The van der Waals surface area contributed by atoms with Crippen LogP contribution in [-0.4, -0.2) is 21.2 Å². The van der Waals surface area contributed by atoms with Crippen LogP contribution in [0.5, 0.6) is 0 Å². The highest BCUT2D eigenvalue weighted by Gasteiger charge is 2.31. The van der Waals surface area contributed by atoms with Gasteiger partial charge in [0.25, 0.3) is 0 Å². The van der Waals surface area contributed by atoms with Crippen LogP contribution in [0.4, 0.5) is 5.82 Å². The van der Waals surface area contributed by atoms with Crippen molar-refractivity contribution in [3.05, 3.63) is 53.0 Å². The summed E-state index contributed by atoms with van der Waals surface area (Å²) in [5.74, 6) is 0.751. The molecule has 1 aliphatic carbocycles. The minimum absolute atomic E-state index is 0.106. The molecule has 0 aliphatic heterocycles. The topological polar surface area (TPSA) is 58.0 Å². The molecule has 19 heavy (non-hydrogen) atoms. The van der Waals surface area contributed by atoms with Crippen LogP contribution in [0.15, 0.2) is 30.5 Å². The molecule has 4 heteroatoms. The normalized spacial score (nSPS) is 21.2. The number of anilines is 1. The fourth-order valence-corrected chi connectivity index (χ4v) is 2.57. The van der Waals surface area contributed by atoms with E-state index in [-0.39, 0.29) is 6.04 Å². The maximum atomic E-state index is 10.2. The molecule has 1 heterocycles. The Morgan fingerprint density at radius 2 is 2.05 bits per heavy atom. The lowest BCUT2D eigenvalue weighted by Gasteiger charge is -2.19. The number of aliphatic hydroxyl groups excluding tert-OH is 1. The summed E-state index contributed by atoms with van der Waals surface area (Å²) in [6, 6.07) is 8.02. The average Bonchev–Trinajstić information content (AvgIpc) is 2.71. The largest absolute Gasteiger partial charge is 0.390 e. The summed E-state index contributed by atoms with van der Waals surface area (Å²) in [6.07, 6.45) is 2.02. The minimum atomic E-state index is -0.417. The standard InChI is InChI=1S/C15H17N3O/c1-9-8-16-10(2)15(17-9)18-14-12-6-4-3-5-11(12)7-13(14)19/h3-6,8,13-14,19H,7H2,1-2H3,(H,17,18)/t13-,14+/m1/s1. The van der Waals surface area contributed by atoms with Crippen molar-refractivity contribution in [2.24, 2.45) is 0 Å². The Bertz CT molecular complexity index is 612. The van der Waals surface area contributed by atoms with E-state index in [2.05, 4.69) is 27.4 Å². The molecule has 2 atom stereocenters. The Morgan fingerprint density at radius 1 is 1.26 bits per heavy atom. The average molecular weight is 255 g/mol. The summed E-state index contributed by atoms with van der Waals surface area (Å²) >= 11 is 0. The Kier molecular flexibility index (Phi) is 2.95. The van der Waals surface area contributed by atoms with Crippen molar-refractivity contribution < 1.29 is 5.11 Å². The number of aromatic nitrogens is 2. The van der Waals surface area contributed by atoms with Crippen LogP contribution in [0.3, 0.4) is 0 Å². The molecule has 1 aromatic carbocycles. The molecule has 2 aromatic rings. The van der Waals surface area contributed by atoms with Crippen LogP contribution in [0, 0.1) is 13.8 Å². The molecule has 0 amide bonds. The number of aliphatic hydroxyl groups is 1. The SMILES string of the molecule is Cc1cnc(C)c(N[C@H]2c3ccccc3C[C@H]2O)n1. The summed E-state index contributed by atoms with van der Waals surface area (Å²) in [7, 11) is 0. The van der Waals surface area contributed by atoms with Crippen molar-refractivity contribution in [2.45, 2.75) is 32.4 Å². The van der Waals surface area contributed by atoms with E-state index in [9.17, 15) is 5.11 Å². The molecule has 4 nitrogen and oxygen atoms in total. The highest BCUT2D eigenvalue weighted by atomic mass is 16.3. The number of aryl methyl sites for hydroxylation is 2. The second-order valence-corrected chi connectivity index (χ2v) is 5.04. The predicted molar refractivity (Wildman–Crippen MR) is 74.0 cm³/mol. The highest BCUT2D eigenvalue weighted by Crippen LogP contribution is 2.34. The fraction of sp³-hybridized carbons (Fsp3) is 0.333. The summed E-state index contributed by atoms with van der Waals surface area (Å²) in [4.78, 5) is 8.75. The monoisotopic (exact) mass is 255 g/mol. The molecule has 0 spiro atoms. The van der Waals surface area contributed by atoms with Crippen LogP contribution < -0.4 is 5.32 Å². The van der Waals surface area contributed by atoms with Crippen LogP contribution in [0.1, 0.15) is 28.6 Å². The number of hydrogen-bond donors (Lipinski definition) is 2. The second-order valence-electron chi connectivity index (χ2n) is 5.04. The van der Waals surface area contributed by atoms with Crippen LogP contribution in [0.2, 0.25) is 0 Å². The first-order chi connectivity index (χ1) is 9.15. The summed E-state index contributed by atoms with van der Waals surface area (Å²) < 4.78 is 0. The number of rotatable bonds is 2. The third-order valence-corrected chi connectivity index (χ3v) is 3.57. The van der Waals surface area contributed by atoms with Gasteiger partial charge >= 0.3 is 0 Å². The number of benzene rings is 1. The van der Waals surface area contributed by atoms with Crippen LogP contribution >= 0.6 is 0 Å². The molecule has 0 radical (unpaired) electrons. The van der Waals surface area contributed by atoms with E-state index in [1.807, 2.05) is 26.0 Å². The van der Waals surface area contributed by atoms with E-state index in [1.165, 1.54) is 5.56 Å². The van der Waals surface area contributed by atoms with Gasteiger partial charge in [0.2, 0.25) is 0 Å². The number of fused-ring (bicyclic) bond motifs is 1. The van der Waals surface area contributed by atoms with E-state index in [0.717, 1.165) is 22.8 Å². The second kappa shape index (κ2) is 4.63. The van der Waals surface area contributed by atoms with Crippen molar-refractivity contribution in [1.82, 2.24) is 9.97 Å². The lowest BCUT2D eigenvalue weighted by atomic mass is 10.1. The summed E-state index contributed by atoms with van der Waals surface area (Å²) in [5.41, 5.74) is 4.07. The van der Waals surface area contributed by atoms with Crippen molar-refractivity contribution in [3.63, 3.8) is 0 Å². The Labute approximate surface area is 112 Å². The lowest BCUT2D eigenvalue weighted by Crippen LogP contribution is -2.22. The molecule has 98 valence electrons. The molecule has 1 aromatic heterocycles. The quantitative estimate of drug-likeness (QED) is 0.863. The number of hydrogen-bond acceptors (Lipinski definition) is 4. The van der Waals surface area contributed by atoms with Gasteiger partial charge in [0.1, 0.15) is 5.82 Å². The van der Waals surface area contributed by atoms with Gasteiger partial charge in [-0.1, -0.05) is 24.3 Å². The predicted octanol–water partition coefficient (Wildman–Crippen LogP) is 2.16. The maximum absolute atomic E-state index is 10.2. The molecular formula is C15H17N3O. The van der Waals surface area contributed by atoms with Crippen molar-refractivity contribution in [2.75, 3.05) is 5.32 Å². The first-order valence-electron chi connectivity index (χ1n) is 6.48. The van der Waals surface area contributed by atoms with Gasteiger partial charge in [-0.25, -0.2) is 4.98 Å². The van der Waals surface area contributed by atoms with Gasteiger partial charge in [-0.2, -0.15) is 0 Å². The number of nitrogens with zero attached hydrogens (tertiary/aromatic N) is 2. The van der Waals surface area contributed by atoms with E-state index >= 15 is 0 Å². The molecule has 3 rings (SSSR count). The van der Waals surface area contributed by atoms with Crippen LogP contribution in [-0.2, 0) is 6.42 Å². The number of nitrogens with one attached hydrogen (secondary N) is 1. The van der Waals surface area contributed by atoms with E-state index in [4.69, 9.17) is 0 Å². The zero-order valence-electron chi connectivity index (χ0n) is 11.1. The zero-order chi connectivity index (χ0) is 13.4. The molecule has 2 N–H and O–H groups in total. The molecule has 1 aliphatic rings. The van der Waals surface area contributed by atoms with Gasteiger partial charge in [0.05, 0.1) is 23.5 Å². The first-order valence-corrected chi connectivity index (χ1v) is 6.48. The van der Waals surface area contributed by atoms with E-state index < -0.39 is 6.10 Å². The summed E-state index contributed by atoms with van der Waals surface area (Å²) in [6.45, 7) is 3.83. The van der Waals surface area contributed by atoms with Crippen LogP contribution in [0.25, 0.3) is 0 Å². The highest BCUT2D eigenvalue weighted by molar-refractivity contribution is 5.47. The molecule has 0 unspecified atom stereocenters. The summed E-state index contributed by atoms with van der Waals surface area (Å²) in [5, 5.41) is 13.6. The van der Waals surface area contributed by atoms with E-state index in [1.54, 1.807) is 6.20 Å². The van der Waals surface area contributed by atoms with Crippen molar-refractivity contribution in [1.29, 1.82) is 0 Å². The lowest BCUT2D eigenvalue weighted by molar-refractivity contribution is 0.165. The van der Waals surface area contributed by atoms with Gasteiger partial charge < -0.3 is 10.4 Å². The Morgan fingerprint density at radius 3 is 2.89 bits per heavy atom. The van der Waals surface area contributed by atoms with Crippen molar-refractivity contribution in [3.8, 4) is 0 Å². The molecule has 0 saturated carbocycles. The minimum Gasteiger partial charge on any atom is -0.390 e. The Balaban J connectivity index is 1.93. The molecule has 0 bridgehead atoms. The molecule has 0 saturated heterocycles. The van der Waals surface area contributed by atoms with Gasteiger partial charge in [-0.3, -0.25) is 4.98 Å². The van der Waals surface area contributed by atoms with Gasteiger partial charge in [0, 0.05) is 12.6 Å². The van der Waals surface area contributed by atoms with Crippen molar-refractivity contribution >= 4 is 5.82 Å². The third kappa shape index (κ3) is 2.19. The molecule has 0 fully saturated rings. The smallest absolute Gasteiger partial charge is 0.148 e. The first kappa shape index (κ1) is 12.1. The van der Waals surface area contributed by atoms with Gasteiger partial charge in [-0.15, -0.1) is 0 Å². The fourth-order valence-electron chi connectivity index (χ4n) is 2.57. The zero-order valence-corrected chi connectivity index (χ0v) is 11.1. The van der Waals surface area contributed by atoms with Gasteiger partial charge in [-0.05, 0) is 25.0 Å². The maximum Gasteiger partial charge on any atom is 0.148 e. The van der Waals surface area contributed by atoms with E-state index in [0.29, 0.717) is 6.42 Å².